The average molecular weight is 362 g/mol. The Morgan fingerprint density at radius 2 is 1.65 bits per heavy atom. The van der Waals surface area contributed by atoms with Crippen LogP contribution in [0, 0.1) is 13.8 Å². The minimum Gasteiger partial charge on any atom is -0.382 e. The van der Waals surface area contributed by atoms with Gasteiger partial charge >= 0.3 is 0 Å². The molecule has 4 heteroatoms. The number of nitrogens with zero attached hydrogens (tertiary/aromatic N) is 2. The Bertz CT molecular complexity index is 1140. The molecule has 0 aliphatic heterocycles. The number of rotatable bonds is 3. The topological polar surface area (TPSA) is 51.8 Å². The highest BCUT2D eigenvalue weighted by atomic mass is 35.5. The van der Waals surface area contributed by atoms with Gasteiger partial charge in [0.25, 0.3) is 0 Å². The number of hydrogen-bond donors (Lipinski definition) is 1. The molecular weight excluding hydrogens is 342 g/mol. The highest BCUT2D eigenvalue weighted by Crippen LogP contribution is 2.31. The summed E-state index contributed by atoms with van der Waals surface area (Å²) in [7, 11) is 0. The van der Waals surface area contributed by atoms with Crippen molar-refractivity contribution in [3.63, 3.8) is 0 Å². The first-order chi connectivity index (χ1) is 12.5. The standard InChI is InChI=1S/C22H20ClN3/c1-13-7-10-17-18-12-16(9-8-15-6-4-3-5-14(15)2)21(23)26-20(18)22(24)25-19(17)11-13/h3-7,10-12H,8-9H2,1-2H3,(H2,24,25). The zero-order chi connectivity index (χ0) is 18.3. The monoisotopic (exact) mass is 361 g/mol. The average Bonchev–Trinajstić information content (AvgIpc) is 2.61. The molecule has 0 aliphatic carbocycles. The molecule has 4 aromatic rings. The predicted octanol–water partition coefficient (Wildman–Crippen LogP) is 5.42. The van der Waals surface area contributed by atoms with Crippen molar-refractivity contribution in [3.8, 4) is 0 Å². The molecule has 2 heterocycles. The molecule has 0 atom stereocenters. The minimum absolute atomic E-state index is 0.422. The molecule has 0 aliphatic rings. The van der Waals surface area contributed by atoms with Crippen molar-refractivity contribution in [2.45, 2.75) is 26.7 Å². The van der Waals surface area contributed by atoms with Crippen molar-refractivity contribution in [2.75, 3.05) is 5.73 Å². The number of hydrogen-bond acceptors (Lipinski definition) is 3. The van der Waals surface area contributed by atoms with E-state index in [0.717, 1.165) is 40.3 Å². The van der Waals surface area contributed by atoms with E-state index in [1.54, 1.807) is 0 Å². The minimum atomic E-state index is 0.422. The third kappa shape index (κ3) is 2.99. The lowest BCUT2D eigenvalue weighted by Gasteiger charge is -2.11. The van der Waals surface area contributed by atoms with Gasteiger partial charge in [-0.2, -0.15) is 0 Å². The molecule has 2 aromatic heterocycles. The number of benzene rings is 2. The molecule has 0 radical (unpaired) electrons. The quantitative estimate of drug-likeness (QED) is 0.391. The summed E-state index contributed by atoms with van der Waals surface area (Å²) in [6.45, 7) is 4.19. The molecule has 130 valence electrons. The van der Waals surface area contributed by atoms with E-state index < -0.39 is 0 Å². The molecule has 0 saturated heterocycles. The zero-order valence-corrected chi connectivity index (χ0v) is 15.6. The molecule has 26 heavy (non-hydrogen) atoms. The van der Waals surface area contributed by atoms with Crippen molar-refractivity contribution < 1.29 is 0 Å². The lowest BCUT2D eigenvalue weighted by Crippen LogP contribution is -2.00. The van der Waals surface area contributed by atoms with Crippen LogP contribution < -0.4 is 5.73 Å². The second-order valence-electron chi connectivity index (χ2n) is 6.78. The second kappa shape index (κ2) is 6.58. The van der Waals surface area contributed by atoms with Gasteiger partial charge in [0.1, 0.15) is 10.7 Å². The second-order valence-corrected chi connectivity index (χ2v) is 7.14. The largest absolute Gasteiger partial charge is 0.382 e. The van der Waals surface area contributed by atoms with Crippen molar-refractivity contribution in [3.05, 3.63) is 75.9 Å². The molecule has 0 fully saturated rings. The molecule has 3 nitrogen and oxygen atoms in total. The number of aromatic nitrogens is 2. The van der Waals surface area contributed by atoms with E-state index in [0.29, 0.717) is 16.5 Å². The number of nitrogens with two attached hydrogens (primary N) is 1. The summed E-state index contributed by atoms with van der Waals surface area (Å²) < 4.78 is 0. The molecular formula is C22H20ClN3. The van der Waals surface area contributed by atoms with Gasteiger partial charge in [0, 0.05) is 10.8 Å². The Morgan fingerprint density at radius 3 is 2.46 bits per heavy atom. The predicted molar refractivity (Wildman–Crippen MR) is 110 cm³/mol. The number of pyridine rings is 2. The van der Waals surface area contributed by atoms with Crippen LogP contribution in [0.5, 0.6) is 0 Å². The summed E-state index contributed by atoms with van der Waals surface area (Å²) in [5.41, 5.74) is 12.5. The van der Waals surface area contributed by atoms with Gasteiger partial charge < -0.3 is 5.73 Å². The summed E-state index contributed by atoms with van der Waals surface area (Å²) in [6.07, 6.45) is 1.76. The molecule has 0 bridgehead atoms. The molecule has 2 aromatic carbocycles. The van der Waals surface area contributed by atoms with Crippen LogP contribution in [0.2, 0.25) is 5.15 Å². The first kappa shape index (κ1) is 16.8. The molecule has 0 unspecified atom stereocenters. The maximum atomic E-state index is 6.46. The summed E-state index contributed by atoms with van der Waals surface area (Å²) >= 11 is 6.46. The fraction of sp³-hybridized carbons (Fsp3) is 0.182. The number of aryl methyl sites for hydroxylation is 4. The Balaban J connectivity index is 1.81. The summed E-state index contributed by atoms with van der Waals surface area (Å²) in [5, 5.41) is 2.57. The fourth-order valence-corrected chi connectivity index (χ4v) is 3.65. The lowest BCUT2D eigenvalue weighted by atomic mass is 10.00. The Morgan fingerprint density at radius 1 is 0.885 bits per heavy atom. The lowest BCUT2D eigenvalue weighted by molar-refractivity contribution is 0.944. The van der Waals surface area contributed by atoms with Gasteiger partial charge in [-0.15, -0.1) is 0 Å². The van der Waals surface area contributed by atoms with Gasteiger partial charge in [-0.05, 0) is 61.1 Å². The zero-order valence-electron chi connectivity index (χ0n) is 14.9. The van der Waals surface area contributed by atoms with E-state index >= 15 is 0 Å². The molecule has 0 saturated carbocycles. The number of nitrogen functional groups attached to an aromatic ring is 1. The van der Waals surface area contributed by atoms with Crippen molar-refractivity contribution in [2.24, 2.45) is 0 Å². The van der Waals surface area contributed by atoms with E-state index in [1.807, 2.05) is 6.07 Å². The highest BCUT2D eigenvalue weighted by Gasteiger charge is 2.12. The smallest absolute Gasteiger partial charge is 0.150 e. The van der Waals surface area contributed by atoms with E-state index in [2.05, 4.69) is 66.3 Å². The van der Waals surface area contributed by atoms with Gasteiger partial charge in [-0.25, -0.2) is 9.97 Å². The summed E-state index contributed by atoms with van der Waals surface area (Å²) in [5.74, 6) is 0.422. The molecule has 2 N–H and O–H groups in total. The Hall–Kier alpha value is -2.65. The van der Waals surface area contributed by atoms with Crippen LogP contribution >= 0.6 is 11.6 Å². The Labute approximate surface area is 157 Å². The maximum Gasteiger partial charge on any atom is 0.150 e. The van der Waals surface area contributed by atoms with Crippen LogP contribution in [0.25, 0.3) is 21.8 Å². The van der Waals surface area contributed by atoms with Crippen molar-refractivity contribution in [1.29, 1.82) is 0 Å². The number of anilines is 1. The highest BCUT2D eigenvalue weighted by molar-refractivity contribution is 6.31. The Kier molecular flexibility index (Phi) is 4.25. The van der Waals surface area contributed by atoms with E-state index in [1.165, 1.54) is 11.1 Å². The van der Waals surface area contributed by atoms with Gasteiger partial charge in [-0.1, -0.05) is 48.0 Å². The molecule has 0 spiro atoms. The first-order valence-corrected chi connectivity index (χ1v) is 9.10. The first-order valence-electron chi connectivity index (χ1n) is 8.72. The van der Waals surface area contributed by atoms with Gasteiger partial charge in [-0.3, -0.25) is 0 Å². The molecule has 0 amide bonds. The number of fused-ring (bicyclic) bond motifs is 3. The van der Waals surface area contributed by atoms with Crippen molar-refractivity contribution in [1.82, 2.24) is 9.97 Å². The number of halogens is 1. The third-order valence-electron chi connectivity index (χ3n) is 4.90. The van der Waals surface area contributed by atoms with Gasteiger partial charge in [0.05, 0.1) is 5.52 Å². The van der Waals surface area contributed by atoms with Gasteiger partial charge in [0.2, 0.25) is 0 Å². The van der Waals surface area contributed by atoms with E-state index in [9.17, 15) is 0 Å². The van der Waals surface area contributed by atoms with Crippen LogP contribution in [-0.2, 0) is 12.8 Å². The summed E-state index contributed by atoms with van der Waals surface area (Å²) in [6, 6.07) is 16.8. The molecule has 4 rings (SSSR count). The van der Waals surface area contributed by atoms with Crippen LogP contribution in [0.15, 0.2) is 48.5 Å². The van der Waals surface area contributed by atoms with Gasteiger partial charge in [0.15, 0.2) is 5.82 Å². The van der Waals surface area contributed by atoms with Crippen LogP contribution in [0.3, 0.4) is 0 Å². The van der Waals surface area contributed by atoms with Crippen LogP contribution in [0.1, 0.15) is 22.3 Å². The normalized spacial score (nSPS) is 11.3. The third-order valence-corrected chi connectivity index (χ3v) is 5.23. The van der Waals surface area contributed by atoms with Crippen LogP contribution in [-0.4, -0.2) is 9.97 Å². The van der Waals surface area contributed by atoms with Crippen LogP contribution in [0.4, 0.5) is 5.82 Å². The maximum absolute atomic E-state index is 6.46. The van der Waals surface area contributed by atoms with Crippen molar-refractivity contribution >= 4 is 39.2 Å². The fourth-order valence-electron chi connectivity index (χ4n) is 3.41. The SMILES string of the molecule is Cc1ccc2c(c1)nc(N)c1nc(Cl)c(CCc3ccccc3C)cc12. The summed E-state index contributed by atoms with van der Waals surface area (Å²) in [4.78, 5) is 9.06. The van der Waals surface area contributed by atoms with E-state index in [4.69, 9.17) is 17.3 Å². The van der Waals surface area contributed by atoms with E-state index in [-0.39, 0.29) is 0 Å².